The smallest absolute Gasteiger partial charge is 0.348 e. The van der Waals surface area contributed by atoms with Crippen molar-refractivity contribution in [2.24, 2.45) is 5.92 Å². The van der Waals surface area contributed by atoms with E-state index in [0.29, 0.717) is 31.1 Å². The number of hydrogen-bond donors (Lipinski definition) is 1. The number of amides is 1. The number of nitrogens with zero attached hydrogens (tertiary/aromatic N) is 3. The molecule has 0 unspecified atom stereocenters. The molecule has 1 amide bonds. The second-order valence-corrected chi connectivity index (χ2v) is 7.86. The molecule has 1 fully saturated rings. The number of halogens is 1. The van der Waals surface area contributed by atoms with Crippen LogP contribution in [-0.2, 0) is 11.2 Å². The molecular formula is C23H25FN4O3. The number of likely N-dealkylation sites (tertiary alicyclic amines) is 1. The highest BCUT2D eigenvalue weighted by atomic mass is 19.1. The van der Waals surface area contributed by atoms with Gasteiger partial charge in [-0.25, -0.2) is 18.9 Å². The van der Waals surface area contributed by atoms with Gasteiger partial charge < -0.3 is 9.64 Å². The van der Waals surface area contributed by atoms with Crippen molar-refractivity contribution >= 4 is 5.91 Å². The number of H-pyrrole nitrogens is 1. The normalized spacial score (nSPS) is 14.6. The SMILES string of the molecule is Cc1ccc(OCC(=O)N2CCC(Cc3n[nH]c(=O)n3-c3ccccc3F)CC2)cc1. The summed E-state index contributed by atoms with van der Waals surface area (Å²) >= 11 is 0. The first-order valence-electron chi connectivity index (χ1n) is 10.4. The van der Waals surface area contributed by atoms with Gasteiger partial charge in [0.2, 0.25) is 0 Å². The Morgan fingerprint density at radius 1 is 1.16 bits per heavy atom. The second kappa shape index (κ2) is 9.16. The molecule has 3 aromatic rings. The molecule has 0 aliphatic carbocycles. The third-order valence-electron chi connectivity index (χ3n) is 5.66. The number of nitrogens with one attached hydrogen (secondary N) is 1. The van der Waals surface area contributed by atoms with E-state index in [-0.39, 0.29) is 24.1 Å². The molecule has 0 bridgehead atoms. The van der Waals surface area contributed by atoms with Crippen LogP contribution in [0.4, 0.5) is 4.39 Å². The summed E-state index contributed by atoms with van der Waals surface area (Å²) in [6.45, 7) is 3.25. The molecule has 1 saturated heterocycles. The lowest BCUT2D eigenvalue weighted by molar-refractivity contribution is -0.134. The molecule has 1 aliphatic heterocycles. The maximum Gasteiger partial charge on any atom is 0.348 e. The highest BCUT2D eigenvalue weighted by molar-refractivity contribution is 5.77. The molecule has 1 aliphatic rings. The Hall–Kier alpha value is -3.42. The predicted molar refractivity (Wildman–Crippen MR) is 114 cm³/mol. The maximum atomic E-state index is 14.2. The zero-order valence-corrected chi connectivity index (χ0v) is 17.4. The van der Waals surface area contributed by atoms with E-state index in [1.54, 1.807) is 23.1 Å². The van der Waals surface area contributed by atoms with Crippen LogP contribution in [0.2, 0.25) is 0 Å². The number of aryl methyl sites for hydroxylation is 1. The van der Waals surface area contributed by atoms with Gasteiger partial charge in [0.25, 0.3) is 5.91 Å². The average molecular weight is 424 g/mol. The van der Waals surface area contributed by atoms with E-state index in [1.807, 2.05) is 31.2 Å². The van der Waals surface area contributed by atoms with Gasteiger partial charge in [0.15, 0.2) is 6.61 Å². The van der Waals surface area contributed by atoms with Crippen LogP contribution in [0, 0.1) is 18.7 Å². The number of para-hydroxylation sites is 1. The summed E-state index contributed by atoms with van der Waals surface area (Å²) in [5, 5.41) is 6.53. The number of benzene rings is 2. The van der Waals surface area contributed by atoms with E-state index in [1.165, 1.54) is 10.6 Å². The van der Waals surface area contributed by atoms with Gasteiger partial charge in [0.1, 0.15) is 17.4 Å². The van der Waals surface area contributed by atoms with Gasteiger partial charge in [0.05, 0.1) is 5.69 Å². The third kappa shape index (κ3) is 4.84. The summed E-state index contributed by atoms with van der Waals surface area (Å²) in [4.78, 5) is 26.5. The van der Waals surface area contributed by atoms with Crippen LogP contribution in [0.1, 0.15) is 24.2 Å². The Labute approximate surface area is 179 Å². The van der Waals surface area contributed by atoms with E-state index < -0.39 is 11.5 Å². The number of aromatic nitrogens is 3. The quantitative estimate of drug-likeness (QED) is 0.660. The minimum absolute atomic E-state index is 0.0138. The van der Waals surface area contributed by atoms with Crippen LogP contribution in [0.25, 0.3) is 5.69 Å². The Morgan fingerprint density at radius 3 is 2.58 bits per heavy atom. The Morgan fingerprint density at radius 2 is 1.87 bits per heavy atom. The lowest BCUT2D eigenvalue weighted by atomic mass is 9.93. The van der Waals surface area contributed by atoms with Crippen LogP contribution in [0.15, 0.2) is 53.3 Å². The van der Waals surface area contributed by atoms with E-state index in [0.717, 1.165) is 18.4 Å². The topological polar surface area (TPSA) is 80.2 Å². The number of piperidine rings is 1. The lowest BCUT2D eigenvalue weighted by Crippen LogP contribution is -2.41. The largest absolute Gasteiger partial charge is 0.484 e. The number of ether oxygens (including phenoxy) is 1. The summed E-state index contributed by atoms with van der Waals surface area (Å²) in [6.07, 6.45) is 2.11. The Balaban J connectivity index is 1.33. The van der Waals surface area contributed by atoms with Crippen molar-refractivity contribution in [3.63, 3.8) is 0 Å². The van der Waals surface area contributed by atoms with Crippen molar-refractivity contribution < 1.29 is 13.9 Å². The van der Waals surface area contributed by atoms with Crippen molar-refractivity contribution in [1.29, 1.82) is 0 Å². The predicted octanol–water partition coefficient (Wildman–Crippen LogP) is 2.87. The first kappa shape index (κ1) is 20.8. The zero-order chi connectivity index (χ0) is 21.8. The standard InChI is InChI=1S/C23H25FN4O3/c1-16-6-8-18(9-7-16)31-15-22(29)27-12-10-17(11-13-27)14-21-25-26-23(30)28(21)20-5-3-2-4-19(20)24/h2-9,17H,10-15H2,1H3,(H,26,30). The van der Waals surface area contributed by atoms with Crippen LogP contribution in [0.3, 0.4) is 0 Å². The van der Waals surface area contributed by atoms with Gasteiger partial charge in [-0.2, -0.15) is 5.10 Å². The van der Waals surface area contributed by atoms with E-state index in [9.17, 15) is 14.0 Å². The van der Waals surface area contributed by atoms with Crippen LogP contribution >= 0.6 is 0 Å². The molecule has 31 heavy (non-hydrogen) atoms. The first-order valence-corrected chi connectivity index (χ1v) is 10.4. The molecule has 2 aromatic carbocycles. The number of hydrogen-bond acceptors (Lipinski definition) is 4. The van der Waals surface area contributed by atoms with Gasteiger partial charge >= 0.3 is 5.69 Å². The fourth-order valence-electron chi connectivity index (χ4n) is 3.86. The van der Waals surface area contributed by atoms with E-state index in [4.69, 9.17) is 4.74 Å². The number of carbonyl (C=O) groups is 1. The zero-order valence-electron chi connectivity index (χ0n) is 17.4. The van der Waals surface area contributed by atoms with Crippen molar-refractivity contribution in [2.75, 3.05) is 19.7 Å². The van der Waals surface area contributed by atoms with Crippen LogP contribution in [0.5, 0.6) is 5.75 Å². The van der Waals surface area contributed by atoms with Gasteiger partial charge in [-0.1, -0.05) is 29.8 Å². The fraction of sp³-hybridized carbons (Fsp3) is 0.348. The maximum absolute atomic E-state index is 14.2. The van der Waals surface area contributed by atoms with Gasteiger partial charge in [0, 0.05) is 19.5 Å². The number of aromatic amines is 1. The number of rotatable bonds is 6. The van der Waals surface area contributed by atoms with Crippen molar-refractivity contribution in [1.82, 2.24) is 19.7 Å². The molecule has 0 atom stereocenters. The lowest BCUT2D eigenvalue weighted by Gasteiger charge is -2.31. The van der Waals surface area contributed by atoms with E-state index >= 15 is 0 Å². The monoisotopic (exact) mass is 424 g/mol. The minimum Gasteiger partial charge on any atom is -0.484 e. The molecule has 8 heteroatoms. The molecule has 4 rings (SSSR count). The summed E-state index contributed by atoms with van der Waals surface area (Å²) < 4.78 is 21.1. The summed E-state index contributed by atoms with van der Waals surface area (Å²) in [5.41, 5.74) is 0.871. The summed E-state index contributed by atoms with van der Waals surface area (Å²) in [5.74, 6) is 0.923. The average Bonchev–Trinajstić information content (AvgIpc) is 3.14. The molecule has 0 radical (unpaired) electrons. The second-order valence-electron chi connectivity index (χ2n) is 7.86. The van der Waals surface area contributed by atoms with Crippen molar-refractivity contribution in [3.8, 4) is 11.4 Å². The van der Waals surface area contributed by atoms with E-state index in [2.05, 4.69) is 10.2 Å². The molecule has 0 spiro atoms. The molecule has 7 nitrogen and oxygen atoms in total. The molecule has 2 heterocycles. The van der Waals surface area contributed by atoms with Gasteiger partial charge in [-0.15, -0.1) is 0 Å². The highest BCUT2D eigenvalue weighted by Crippen LogP contribution is 2.22. The highest BCUT2D eigenvalue weighted by Gasteiger charge is 2.25. The molecule has 1 aromatic heterocycles. The summed E-state index contributed by atoms with van der Waals surface area (Å²) in [7, 11) is 0. The fourth-order valence-corrected chi connectivity index (χ4v) is 3.86. The summed E-state index contributed by atoms with van der Waals surface area (Å²) in [6, 6.07) is 13.7. The van der Waals surface area contributed by atoms with Crippen LogP contribution < -0.4 is 10.4 Å². The molecular weight excluding hydrogens is 399 g/mol. The van der Waals surface area contributed by atoms with Gasteiger partial charge in [-0.05, 0) is 49.9 Å². The molecule has 1 N–H and O–H groups in total. The van der Waals surface area contributed by atoms with Crippen LogP contribution in [-0.4, -0.2) is 45.3 Å². The van der Waals surface area contributed by atoms with Crippen molar-refractivity contribution in [2.45, 2.75) is 26.2 Å². The van der Waals surface area contributed by atoms with Gasteiger partial charge in [-0.3, -0.25) is 4.79 Å². The number of carbonyl (C=O) groups excluding carboxylic acids is 1. The molecule has 0 saturated carbocycles. The Kier molecular flexibility index (Phi) is 6.16. The third-order valence-corrected chi connectivity index (χ3v) is 5.66. The minimum atomic E-state index is -0.471. The Bertz CT molecular complexity index is 1100. The molecule has 162 valence electrons. The first-order chi connectivity index (χ1) is 15.0. The van der Waals surface area contributed by atoms with Crippen molar-refractivity contribution in [3.05, 3.63) is 76.2 Å².